The molecule has 0 atom stereocenters. The first-order chi connectivity index (χ1) is 18.4. The van der Waals surface area contributed by atoms with Crippen LogP contribution in [0.15, 0.2) is 59.7 Å². The van der Waals surface area contributed by atoms with Crippen molar-refractivity contribution in [2.24, 2.45) is 5.92 Å². The van der Waals surface area contributed by atoms with Crippen molar-refractivity contribution >= 4 is 40.3 Å². The maximum atomic E-state index is 13.6. The van der Waals surface area contributed by atoms with Gasteiger partial charge in [-0.2, -0.15) is 0 Å². The van der Waals surface area contributed by atoms with Crippen molar-refractivity contribution in [1.82, 2.24) is 29.7 Å². The lowest BCUT2D eigenvalue weighted by Crippen LogP contribution is -2.39. The van der Waals surface area contributed by atoms with Gasteiger partial charge in [0.2, 0.25) is 0 Å². The number of nitrogen functional groups attached to an aromatic ring is 1. The van der Waals surface area contributed by atoms with Gasteiger partial charge in [-0.05, 0) is 61.9 Å². The van der Waals surface area contributed by atoms with Crippen LogP contribution in [0.3, 0.4) is 0 Å². The molecule has 1 aromatic carbocycles. The van der Waals surface area contributed by atoms with Crippen molar-refractivity contribution in [3.63, 3.8) is 0 Å². The Hall–Kier alpha value is -4.18. The van der Waals surface area contributed by atoms with Crippen LogP contribution in [0.2, 0.25) is 5.02 Å². The topological polar surface area (TPSA) is 137 Å². The average molecular weight is 534 g/mol. The van der Waals surface area contributed by atoms with Crippen LogP contribution in [0.1, 0.15) is 46.5 Å². The molecule has 1 aliphatic rings. The van der Waals surface area contributed by atoms with E-state index in [0.29, 0.717) is 17.3 Å². The molecule has 3 heterocycles. The number of rotatable bonds is 6. The Morgan fingerprint density at radius 2 is 1.76 bits per heavy atom. The minimum Gasteiger partial charge on any atom is -0.383 e. The number of carbonyl (C=O) groups excluding carboxylic acids is 2. The van der Waals surface area contributed by atoms with Gasteiger partial charge in [0.1, 0.15) is 11.5 Å². The summed E-state index contributed by atoms with van der Waals surface area (Å²) in [5.41, 5.74) is 8.47. The molecule has 10 nitrogen and oxygen atoms in total. The lowest BCUT2D eigenvalue weighted by atomic mass is 9.85. The van der Waals surface area contributed by atoms with Gasteiger partial charge in [-0.25, -0.2) is 14.8 Å². The van der Waals surface area contributed by atoms with Crippen molar-refractivity contribution in [1.29, 1.82) is 0 Å². The number of halogens is 1. The molecule has 4 N–H and O–H groups in total. The molecule has 0 radical (unpaired) electrons. The fourth-order valence-corrected chi connectivity index (χ4v) is 5.22. The predicted molar refractivity (Wildman–Crippen MR) is 146 cm³/mol. The first kappa shape index (κ1) is 25.5. The van der Waals surface area contributed by atoms with Gasteiger partial charge in [-0.15, -0.1) is 0 Å². The van der Waals surface area contributed by atoms with E-state index in [1.54, 1.807) is 29.9 Å². The first-order valence-corrected chi connectivity index (χ1v) is 12.8. The van der Waals surface area contributed by atoms with Crippen LogP contribution in [0, 0.1) is 5.92 Å². The van der Waals surface area contributed by atoms with Crippen molar-refractivity contribution in [2.75, 3.05) is 12.8 Å². The Kier molecular flexibility index (Phi) is 7.15. The molecule has 1 aliphatic carbocycles. The summed E-state index contributed by atoms with van der Waals surface area (Å²) in [6.07, 6.45) is 6.27. The Bertz CT molecular complexity index is 1550. The van der Waals surface area contributed by atoms with Crippen LogP contribution < -0.4 is 22.1 Å². The van der Waals surface area contributed by atoms with Crippen LogP contribution in [0.4, 0.5) is 5.82 Å². The maximum absolute atomic E-state index is 13.6. The summed E-state index contributed by atoms with van der Waals surface area (Å²) in [6, 6.07) is 12.5. The highest BCUT2D eigenvalue weighted by Gasteiger charge is 2.26. The quantitative estimate of drug-likeness (QED) is 0.348. The number of nitrogens with two attached hydrogens (primary N) is 1. The van der Waals surface area contributed by atoms with Gasteiger partial charge < -0.3 is 16.4 Å². The SMILES string of the molecule is CNC(=O)c1ccc(-n2c(=O)n(C[C@H]3CC[C@H](NC(=O)c4cc(Cl)cnc4N)CC3)c3ccccc32)cn1. The minimum absolute atomic E-state index is 0.0140. The van der Waals surface area contributed by atoms with Crippen molar-refractivity contribution in [3.8, 4) is 5.69 Å². The molecule has 1 fully saturated rings. The summed E-state index contributed by atoms with van der Waals surface area (Å²) in [5, 5.41) is 5.95. The number of hydrogen-bond donors (Lipinski definition) is 3. The Balaban J connectivity index is 1.31. The summed E-state index contributed by atoms with van der Waals surface area (Å²) in [5.74, 6) is -0.135. The molecule has 38 heavy (non-hydrogen) atoms. The second kappa shape index (κ2) is 10.7. The number of anilines is 1. The fourth-order valence-electron chi connectivity index (χ4n) is 5.06. The molecule has 2 amide bonds. The number of para-hydroxylation sites is 2. The smallest absolute Gasteiger partial charge is 0.333 e. The summed E-state index contributed by atoms with van der Waals surface area (Å²) >= 11 is 5.97. The molecule has 5 rings (SSSR count). The second-order valence-corrected chi connectivity index (χ2v) is 9.91. The van der Waals surface area contributed by atoms with E-state index in [2.05, 4.69) is 20.6 Å². The molecule has 0 bridgehead atoms. The van der Waals surface area contributed by atoms with Crippen LogP contribution in [0.5, 0.6) is 0 Å². The van der Waals surface area contributed by atoms with Gasteiger partial charge in [0.05, 0.1) is 33.5 Å². The van der Waals surface area contributed by atoms with Crippen molar-refractivity contribution < 1.29 is 9.59 Å². The highest BCUT2D eigenvalue weighted by atomic mass is 35.5. The van der Waals surface area contributed by atoms with Crippen LogP contribution in [-0.2, 0) is 6.54 Å². The zero-order valence-electron chi connectivity index (χ0n) is 20.9. The molecular formula is C27H28ClN7O3. The number of hydrogen-bond acceptors (Lipinski definition) is 6. The lowest BCUT2D eigenvalue weighted by molar-refractivity contribution is 0.0919. The minimum atomic E-state index is -0.286. The van der Waals surface area contributed by atoms with Gasteiger partial charge in [0, 0.05) is 25.8 Å². The third kappa shape index (κ3) is 4.99. The third-order valence-corrected chi connectivity index (χ3v) is 7.26. The largest absolute Gasteiger partial charge is 0.383 e. The van der Waals surface area contributed by atoms with E-state index >= 15 is 0 Å². The molecular weight excluding hydrogens is 506 g/mol. The van der Waals surface area contributed by atoms with Gasteiger partial charge in [0.15, 0.2) is 0 Å². The number of pyridine rings is 2. The van der Waals surface area contributed by atoms with E-state index in [1.807, 2.05) is 28.8 Å². The lowest BCUT2D eigenvalue weighted by Gasteiger charge is -2.29. The van der Waals surface area contributed by atoms with Crippen LogP contribution in [-0.4, -0.2) is 44.0 Å². The molecule has 1 saturated carbocycles. The first-order valence-electron chi connectivity index (χ1n) is 12.5. The van der Waals surface area contributed by atoms with E-state index in [1.165, 1.54) is 12.3 Å². The molecule has 0 saturated heterocycles. The van der Waals surface area contributed by atoms with Gasteiger partial charge in [0.25, 0.3) is 11.8 Å². The molecule has 0 unspecified atom stereocenters. The summed E-state index contributed by atoms with van der Waals surface area (Å²) in [6.45, 7) is 0.571. The van der Waals surface area contributed by atoms with E-state index < -0.39 is 0 Å². The van der Waals surface area contributed by atoms with Crippen LogP contribution in [0.25, 0.3) is 16.7 Å². The number of benzene rings is 1. The summed E-state index contributed by atoms with van der Waals surface area (Å²) in [7, 11) is 1.55. The summed E-state index contributed by atoms with van der Waals surface area (Å²) in [4.78, 5) is 46.3. The van der Waals surface area contributed by atoms with E-state index in [4.69, 9.17) is 17.3 Å². The number of nitrogens with zero attached hydrogens (tertiary/aromatic N) is 4. The molecule has 3 aromatic heterocycles. The molecule has 0 spiro atoms. The molecule has 11 heteroatoms. The standard InChI is InChI=1S/C27H28ClN7O3/c1-30-26(37)21-11-10-19(14-31-21)35-23-5-3-2-4-22(23)34(27(35)38)15-16-6-8-18(9-7-16)33-25(36)20-12-17(28)13-32-24(20)29/h2-5,10-14,16,18H,6-9,15H2,1H3,(H2,29,32)(H,30,37)(H,33,36)/t16-,18-. The van der Waals surface area contributed by atoms with Crippen molar-refractivity contribution in [2.45, 2.75) is 38.3 Å². The van der Waals surface area contributed by atoms with Gasteiger partial charge >= 0.3 is 5.69 Å². The number of carbonyl (C=O) groups is 2. The third-order valence-electron chi connectivity index (χ3n) is 7.05. The Labute approximate surface area is 223 Å². The number of imidazole rings is 1. The highest BCUT2D eigenvalue weighted by molar-refractivity contribution is 6.31. The maximum Gasteiger partial charge on any atom is 0.333 e. The number of fused-ring (bicyclic) bond motifs is 1. The monoisotopic (exact) mass is 533 g/mol. The van der Waals surface area contributed by atoms with Gasteiger partial charge in [-0.3, -0.25) is 18.7 Å². The van der Waals surface area contributed by atoms with E-state index in [9.17, 15) is 14.4 Å². The Morgan fingerprint density at radius 3 is 2.45 bits per heavy atom. The Morgan fingerprint density at radius 1 is 1.03 bits per heavy atom. The predicted octanol–water partition coefficient (Wildman–Crippen LogP) is 3.17. The zero-order valence-corrected chi connectivity index (χ0v) is 21.6. The van der Waals surface area contributed by atoms with Crippen molar-refractivity contribution in [3.05, 3.63) is 81.6 Å². The second-order valence-electron chi connectivity index (χ2n) is 9.48. The fraction of sp³-hybridized carbons (Fsp3) is 0.296. The summed E-state index contributed by atoms with van der Waals surface area (Å²) < 4.78 is 3.44. The molecule has 0 aliphatic heterocycles. The number of amides is 2. The number of aromatic nitrogens is 4. The van der Waals surface area contributed by atoms with Gasteiger partial charge in [-0.1, -0.05) is 23.7 Å². The van der Waals surface area contributed by atoms with E-state index in [-0.39, 0.29) is 46.5 Å². The van der Waals surface area contributed by atoms with Crippen LogP contribution >= 0.6 is 11.6 Å². The highest BCUT2D eigenvalue weighted by Crippen LogP contribution is 2.28. The molecule has 196 valence electrons. The molecule has 4 aromatic rings. The normalized spacial score (nSPS) is 17.3. The average Bonchev–Trinajstić information content (AvgIpc) is 3.21. The zero-order chi connectivity index (χ0) is 26.8. The number of nitrogens with one attached hydrogen (secondary N) is 2. The van der Waals surface area contributed by atoms with E-state index in [0.717, 1.165) is 36.7 Å².